The molecule has 102 valence electrons. The first-order valence-corrected chi connectivity index (χ1v) is 6.47. The van der Waals surface area contributed by atoms with Gasteiger partial charge < -0.3 is 15.5 Å². The lowest BCUT2D eigenvalue weighted by Gasteiger charge is -2.21. The van der Waals surface area contributed by atoms with Gasteiger partial charge in [-0.25, -0.2) is 0 Å². The largest absolute Gasteiger partial charge is 0.370 e. The van der Waals surface area contributed by atoms with E-state index in [4.69, 9.17) is 5.73 Å². The van der Waals surface area contributed by atoms with Gasteiger partial charge in [-0.1, -0.05) is 19.8 Å². The van der Waals surface area contributed by atoms with E-state index in [1.165, 1.54) is 25.7 Å². The lowest BCUT2D eigenvalue weighted by atomic mass is 10.2. The highest BCUT2D eigenvalue weighted by Gasteiger charge is 2.10. The summed E-state index contributed by atoms with van der Waals surface area (Å²) in [6, 6.07) is 0. The van der Waals surface area contributed by atoms with Gasteiger partial charge in [0, 0.05) is 19.6 Å². The van der Waals surface area contributed by atoms with Crippen LogP contribution in [-0.4, -0.2) is 55.5 Å². The molecule has 0 aromatic heterocycles. The minimum atomic E-state index is 0. The molecule has 0 amide bonds. The summed E-state index contributed by atoms with van der Waals surface area (Å²) in [6.45, 7) is 7.19. The number of likely N-dealkylation sites (tertiary alicyclic amines) is 1. The van der Waals surface area contributed by atoms with Crippen molar-refractivity contribution in [3.8, 4) is 0 Å². The second-order valence-corrected chi connectivity index (χ2v) is 4.54. The number of likely N-dealkylation sites (N-methyl/N-ethyl adjacent to an activating group) is 1. The van der Waals surface area contributed by atoms with Crippen molar-refractivity contribution in [3.63, 3.8) is 0 Å². The average molecular weight is 354 g/mol. The van der Waals surface area contributed by atoms with E-state index in [2.05, 4.69) is 28.8 Å². The number of hydrogen-bond acceptors (Lipinski definition) is 2. The van der Waals surface area contributed by atoms with E-state index in [1.807, 2.05) is 0 Å². The molecule has 1 heterocycles. The molecule has 5 heteroatoms. The Hall–Kier alpha value is -0.0400. The Morgan fingerprint density at radius 2 is 1.82 bits per heavy atom. The second-order valence-electron chi connectivity index (χ2n) is 4.54. The molecule has 17 heavy (non-hydrogen) atoms. The summed E-state index contributed by atoms with van der Waals surface area (Å²) in [5.41, 5.74) is 6.00. The Balaban J connectivity index is 0.00000256. The molecule has 0 unspecified atom stereocenters. The molecule has 0 atom stereocenters. The normalized spacial score (nSPS) is 17.8. The molecule has 0 aliphatic carbocycles. The SMILES string of the molecule is CCN(C)CCN=C(N)N1CCCCCC1.I. The molecule has 0 bridgehead atoms. The van der Waals surface area contributed by atoms with E-state index in [1.54, 1.807) is 0 Å². The van der Waals surface area contributed by atoms with Crippen molar-refractivity contribution >= 4 is 29.9 Å². The molecule has 1 aliphatic rings. The predicted molar refractivity (Wildman–Crippen MR) is 85.1 cm³/mol. The minimum Gasteiger partial charge on any atom is -0.370 e. The quantitative estimate of drug-likeness (QED) is 0.475. The van der Waals surface area contributed by atoms with Gasteiger partial charge in [-0.05, 0) is 26.4 Å². The van der Waals surface area contributed by atoms with Gasteiger partial charge >= 0.3 is 0 Å². The molecule has 1 saturated heterocycles. The Labute approximate surface area is 123 Å². The Bertz CT molecular complexity index is 213. The molecule has 1 rings (SSSR count). The van der Waals surface area contributed by atoms with Gasteiger partial charge in [0.25, 0.3) is 0 Å². The molecule has 0 radical (unpaired) electrons. The summed E-state index contributed by atoms with van der Waals surface area (Å²) in [6.07, 6.45) is 5.18. The van der Waals surface area contributed by atoms with Gasteiger partial charge in [-0.3, -0.25) is 4.99 Å². The van der Waals surface area contributed by atoms with E-state index in [0.29, 0.717) is 0 Å². The Kier molecular flexibility index (Phi) is 9.91. The molecular weight excluding hydrogens is 327 g/mol. The maximum absolute atomic E-state index is 6.00. The van der Waals surface area contributed by atoms with Crippen LogP contribution >= 0.6 is 24.0 Å². The molecular formula is C12H27IN4. The van der Waals surface area contributed by atoms with Crippen LogP contribution in [0.25, 0.3) is 0 Å². The van der Waals surface area contributed by atoms with Crippen molar-refractivity contribution < 1.29 is 0 Å². The van der Waals surface area contributed by atoms with E-state index in [-0.39, 0.29) is 24.0 Å². The van der Waals surface area contributed by atoms with Crippen molar-refractivity contribution in [2.75, 3.05) is 39.8 Å². The first-order valence-electron chi connectivity index (χ1n) is 6.47. The summed E-state index contributed by atoms with van der Waals surface area (Å²) in [5.74, 6) is 0.742. The van der Waals surface area contributed by atoms with Crippen LogP contribution in [0.1, 0.15) is 32.6 Å². The number of aliphatic imine (C=N–C) groups is 1. The second kappa shape index (κ2) is 9.94. The summed E-state index contributed by atoms with van der Waals surface area (Å²) in [7, 11) is 2.11. The third kappa shape index (κ3) is 7.08. The van der Waals surface area contributed by atoms with Crippen molar-refractivity contribution in [2.24, 2.45) is 10.7 Å². The van der Waals surface area contributed by atoms with E-state index in [9.17, 15) is 0 Å². The van der Waals surface area contributed by atoms with E-state index >= 15 is 0 Å². The van der Waals surface area contributed by atoms with Gasteiger partial charge in [0.2, 0.25) is 0 Å². The summed E-state index contributed by atoms with van der Waals surface area (Å²) in [4.78, 5) is 8.94. The van der Waals surface area contributed by atoms with Crippen molar-refractivity contribution in [1.82, 2.24) is 9.80 Å². The molecule has 4 nitrogen and oxygen atoms in total. The highest BCUT2D eigenvalue weighted by Crippen LogP contribution is 2.08. The average Bonchev–Trinajstić information content (AvgIpc) is 2.57. The number of halogens is 1. The van der Waals surface area contributed by atoms with Crippen LogP contribution in [-0.2, 0) is 0 Å². The predicted octanol–water partition coefficient (Wildman–Crippen LogP) is 1.75. The first kappa shape index (κ1) is 17.0. The van der Waals surface area contributed by atoms with Crippen molar-refractivity contribution in [2.45, 2.75) is 32.6 Å². The zero-order valence-corrected chi connectivity index (χ0v) is 13.5. The van der Waals surface area contributed by atoms with Crippen LogP contribution in [0.15, 0.2) is 4.99 Å². The summed E-state index contributed by atoms with van der Waals surface area (Å²) in [5, 5.41) is 0. The summed E-state index contributed by atoms with van der Waals surface area (Å²) < 4.78 is 0. The van der Waals surface area contributed by atoms with Gasteiger partial charge in [0.05, 0.1) is 6.54 Å². The number of rotatable bonds is 4. The molecule has 1 aliphatic heterocycles. The number of hydrogen-bond donors (Lipinski definition) is 1. The van der Waals surface area contributed by atoms with Crippen LogP contribution in [0.5, 0.6) is 0 Å². The number of guanidine groups is 1. The van der Waals surface area contributed by atoms with Gasteiger partial charge in [0.15, 0.2) is 5.96 Å². The third-order valence-corrected chi connectivity index (χ3v) is 3.23. The fraction of sp³-hybridized carbons (Fsp3) is 0.917. The molecule has 0 spiro atoms. The molecule has 0 saturated carbocycles. The van der Waals surface area contributed by atoms with Gasteiger partial charge in [-0.15, -0.1) is 24.0 Å². The summed E-state index contributed by atoms with van der Waals surface area (Å²) >= 11 is 0. The molecule has 1 fully saturated rings. The minimum absolute atomic E-state index is 0. The van der Waals surface area contributed by atoms with Crippen molar-refractivity contribution in [1.29, 1.82) is 0 Å². The van der Waals surface area contributed by atoms with Crippen LogP contribution in [0.4, 0.5) is 0 Å². The van der Waals surface area contributed by atoms with Gasteiger partial charge in [-0.2, -0.15) is 0 Å². The van der Waals surface area contributed by atoms with Crippen LogP contribution in [0, 0.1) is 0 Å². The van der Waals surface area contributed by atoms with E-state index in [0.717, 1.165) is 38.7 Å². The highest BCUT2D eigenvalue weighted by atomic mass is 127. The van der Waals surface area contributed by atoms with Crippen LogP contribution < -0.4 is 5.73 Å². The first-order chi connectivity index (χ1) is 7.74. The van der Waals surface area contributed by atoms with Crippen molar-refractivity contribution in [3.05, 3.63) is 0 Å². The lowest BCUT2D eigenvalue weighted by Crippen LogP contribution is -2.38. The maximum Gasteiger partial charge on any atom is 0.191 e. The zero-order valence-electron chi connectivity index (χ0n) is 11.2. The van der Waals surface area contributed by atoms with Crippen LogP contribution in [0.3, 0.4) is 0 Å². The number of nitrogens with two attached hydrogens (primary N) is 1. The molecule has 0 aromatic carbocycles. The highest BCUT2D eigenvalue weighted by molar-refractivity contribution is 14.0. The fourth-order valence-electron chi connectivity index (χ4n) is 1.89. The smallest absolute Gasteiger partial charge is 0.191 e. The number of nitrogens with zero attached hydrogens (tertiary/aromatic N) is 3. The Morgan fingerprint density at radius 1 is 1.24 bits per heavy atom. The third-order valence-electron chi connectivity index (χ3n) is 3.23. The Morgan fingerprint density at radius 3 is 2.35 bits per heavy atom. The van der Waals surface area contributed by atoms with E-state index < -0.39 is 0 Å². The fourth-order valence-corrected chi connectivity index (χ4v) is 1.89. The maximum atomic E-state index is 6.00. The standard InChI is InChI=1S/C12H26N4.HI/c1-3-15(2)11-8-14-12(13)16-9-6-4-5-7-10-16;/h3-11H2,1-2H3,(H2,13,14);1H. The molecule has 0 aromatic rings. The zero-order chi connectivity index (χ0) is 11.8. The monoisotopic (exact) mass is 354 g/mol. The van der Waals surface area contributed by atoms with Crippen LogP contribution in [0.2, 0.25) is 0 Å². The lowest BCUT2D eigenvalue weighted by molar-refractivity contribution is 0.361. The molecule has 2 N–H and O–H groups in total. The van der Waals surface area contributed by atoms with Gasteiger partial charge in [0.1, 0.15) is 0 Å². The topological polar surface area (TPSA) is 44.9 Å².